The largest absolute Gasteiger partial charge is 0.493 e. The Morgan fingerprint density at radius 2 is 1.62 bits per heavy atom. The van der Waals surface area contributed by atoms with Crippen LogP contribution < -0.4 is 9.47 Å². The fraction of sp³-hybridized carbons (Fsp3) is 0.400. The molecule has 0 aliphatic carbocycles. The summed E-state index contributed by atoms with van der Waals surface area (Å²) in [6.45, 7) is 3.30. The molecule has 2 aromatic rings. The van der Waals surface area contributed by atoms with Gasteiger partial charge in [-0.2, -0.15) is 4.31 Å². The zero-order chi connectivity index (χ0) is 20.9. The summed E-state index contributed by atoms with van der Waals surface area (Å²) in [6.07, 6.45) is 0. The van der Waals surface area contributed by atoms with E-state index >= 15 is 0 Å². The molecule has 0 atom stereocenters. The Kier molecular flexibility index (Phi) is 7.70. The summed E-state index contributed by atoms with van der Waals surface area (Å²) in [5.74, 6) is 1.87. The van der Waals surface area contributed by atoms with Crippen molar-refractivity contribution in [2.75, 3.05) is 52.7 Å². The molecule has 0 N–H and O–H groups in total. The molecule has 0 radical (unpaired) electrons. The summed E-state index contributed by atoms with van der Waals surface area (Å²) in [5, 5.41) is 0.737. The van der Waals surface area contributed by atoms with Crippen LogP contribution in [0.1, 0.15) is 0 Å². The van der Waals surface area contributed by atoms with Crippen molar-refractivity contribution in [2.24, 2.45) is 0 Å². The summed E-state index contributed by atoms with van der Waals surface area (Å²) < 4.78 is 37.9. The van der Waals surface area contributed by atoms with E-state index in [2.05, 4.69) is 4.90 Å². The van der Waals surface area contributed by atoms with Crippen LogP contribution in [0.5, 0.6) is 11.5 Å². The van der Waals surface area contributed by atoms with Gasteiger partial charge in [0.15, 0.2) is 11.5 Å². The molecule has 0 spiro atoms. The van der Waals surface area contributed by atoms with Crippen LogP contribution in [0.4, 0.5) is 0 Å². The van der Waals surface area contributed by atoms with Gasteiger partial charge in [-0.3, -0.25) is 4.90 Å². The van der Waals surface area contributed by atoms with Gasteiger partial charge in [0.2, 0.25) is 10.0 Å². The van der Waals surface area contributed by atoms with Gasteiger partial charge in [-0.15, -0.1) is 11.8 Å². The molecule has 0 bridgehead atoms. The highest BCUT2D eigenvalue weighted by Gasteiger charge is 2.29. The molecule has 0 unspecified atom stereocenters. The molecule has 158 valence electrons. The van der Waals surface area contributed by atoms with Gasteiger partial charge < -0.3 is 9.47 Å². The summed E-state index contributed by atoms with van der Waals surface area (Å²) in [7, 11) is -0.538. The number of methoxy groups -OCH3 is 2. The summed E-state index contributed by atoms with van der Waals surface area (Å²) >= 11 is 7.69. The highest BCUT2D eigenvalue weighted by molar-refractivity contribution is 7.99. The van der Waals surface area contributed by atoms with Crippen molar-refractivity contribution in [1.82, 2.24) is 9.21 Å². The monoisotopic (exact) mass is 456 g/mol. The average Bonchev–Trinajstić information content (AvgIpc) is 2.75. The third-order valence-electron chi connectivity index (χ3n) is 4.81. The predicted molar refractivity (Wildman–Crippen MR) is 117 cm³/mol. The number of thioether (sulfide) groups is 1. The van der Waals surface area contributed by atoms with Crippen LogP contribution in [-0.2, 0) is 10.0 Å². The van der Waals surface area contributed by atoms with E-state index in [1.54, 1.807) is 23.9 Å². The number of ether oxygens (including phenoxy) is 2. The minimum absolute atomic E-state index is 0.224. The molecule has 1 fully saturated rings. The maximum absolute atomic E-state index is 13.0. The van der Waals surface area contributed by atoms with Crippen LogP contribution in [0.15, 0.2) is 52.3 Å². The number of nitrogens with zero attached hydrogens (tertiary/aromatic N) is 2. The number of hydrogen-bond donors (Lipinski definition) is 0. The SMILES string of the molecule is COc1ccc(S(=O)(=O)N2CCN(CCSc3ccc(Cl)cc3)CC2)cc1OC. The Hall–Kier alpha value is -1.45. The second-order valence-electron chi connectivity index (χ2n) is 6.56. The van der Waals surface area contributed by atoms with Gasteiger partial charge in [0, 0.05) is 54.5 Å². The maximum Gasteiger partial charge on any atom is 0.243 e. The number of benzene rings is 2. The van der Waals surface area contributed by atoms with E-state index < -0.39 is 10.0 Å². The third-order valence-corrected chi connectivity index (χ3v) is 7.95. The molecule has 0 saturated carbocycles. The number of sulfonamides is 1. The van der Waals surface area contributed by atoms with Gasteiger partial charge >= 0.3 is 0 Å². The van der Waals surface area contributed by atoms with Crippen LogP contribution >= 0.6 is 23.4 Å². The lowest BCUT2D eigenvalue weighted by Crippen LogP contribution is -2.49. The normalized spacial score (nSPS) is 16.0. The van der Waals surface area contributed by atoms with Crippen LogP contribution in [0, 0.1) is 0 Å². The van der Waals surface area contributed by atoms with E-state index in [-0.39, 0.29) is 4.90 Å². The van der Waals surface area contributed by atoms with Crippen LogP contribution in [0.2, 0.25) is 5.02 Å². The first-order valence-electron chi connectivity index (χ1n) is 9.27. The van der Waals surface area contributed by atoms with Crippen LogP contribution in [-0.4, -0.2) is 70.3 Å². The van der Waals surface area contributed by atoms with E-state index in [9.17, 15) is 8.42 Å². The second kappa shape index (κ2) is 10.0. The first-order valence-corrected chi connectivity index (χ1v) is 12.1. The molecule has 0 aromatic heterocycles. The van der Waals surface area contributed by atoms with Gasteiger partial charge in [0.25, 0.3) is 0 Å². The smallest absolute Gasteiger partial charge is 0.243 e. The Balaban J connectivity index is 1.53. The van der Waals surface area contributed by atoms with Gasteiger partial charge in [0.05, 0.1) is 19.1 Å². The van der Waals surface area contributed by atoms with Gasteiger partial charge in [-0.05, 0) is 36.4 Å². The van der Waals surface area contributed by atoms with E-state index in [1.165, 1.54) is 29.5 Å². The average molecular weight is 457 g/mol. The minimum Gasteiger partial charge on any atom is -0.493 e. The van der Waals surface area contributed by atoms with Crippen molar-refractivity contribution in [1.29, 1.82) is 0 Å². The van der Waals surface area contributed by atoms with E-state index in [4.69, 9.17) is 21.1 Å². The Morgan fingerprint density at radius 1 is 0.966 bits per heavy atom. The van der Waals surface area contributed by atoms with Crippen molar-refractivity contribution in [2.45, 2.75) is 9.79 Å². The molecular formula is C20H25ClN2O4S2. The van der Waals surface area contributed by atoms with Gasteiger partial charge in [0.1, 0.15) is 0 Å². The summed E-state index contributed by atoms with van der Waals surface area (Å²) in [4.78, 5) is 3.70. The van der Waals surface area contributed by atoms with Gasteiger partial charge in [-0.1, -0.05) is 11.6 Å². The topological polar surface area (TPSA) is 59.1 Å². The van der Waals surface area contributed by atoms with E-state index in [0.29, 0.717) is 37.7 Å². The molecule has 1 saturated heterocycles. The molecule has 29 heavy (non-hydrogen) atoms. The Bertz CT molecular complexity index is 915. The standard InChI is InChI=1S/C20H25ClN2O4S2/c1-26-19-8-7-18(15-20(19)27-2)29(24,25)23-11-9-22(10-12-23)13-14-28-17-5-3-16(21)4-6-17/h3-8,15H,9-14H2,1-2H3. The zero-order valence-electron chi connectivity index (χ0n) is 16.5. The third kappa shape index (κ3) is 5.58. The number of hydrogen-bond acceptors (Lipinski definition) is 6. The molecule has 6 nitrogen and oxygen atoms in total. The fourth-order valence-electron chi connectivity index (χ4n) is 3.14. The molecular weight excluding hydrogens is 432 g/mol. The highest BCUT2D eigenvalue weighted by atomic mass is 35.5. The van der Waals surface area contributed by atoms with Crippen LogP contribution in [0.25, 0.3) is 0 Å². The molecule has 9 heteroatoms. The molecule has 1 aliphatic heterocycles. The van der Waals surface area contributed by atoms with E-state index in [0.717, 1.165) is 17.3 Å². The number of halogens is 1. The van der Waals surface area contributed by atoms with Gasteiger partial charge in [-0.25, -0.2) is 8.42 Å². The predicted octanol–water partition coefficient (Wildman–Crippen LogP) is 3.46. The lowest BCUT2D eigenvalue weighted by atomic mass is 10.3. The number of rotatable bonds is 8. The van der Waals surface area contributed by atoms with Crippen molar-refractivity contribution in [3.05, 3.63) is 47.5 Å². The van der Waals surface area contributed by atoms with E-state index in [1.807, 2.05) is 24.3 Å². The highest BCUT2D eigenvalue weighted by Crippen LogP contribution is 2.31. The summed E-state index contributed by atoms with van der Waals surface area (Å²) in [6, 6.07) is 12.5. The zero-order valence-corrected chi connectivity index (χ0v) is 18.9. The summed E-state index contributed by atoms with van der Waals surface area (Å²) in [5.41, 5.74) is 0. The molecule has 3 rings (SSSR count). The molecule has 1 aliphatic rings. The van der Waals surface area contributed by atoms with Crippen molar-refractivity contribution >= 4 is 33.4 Å². The second-order valence-corrected chi connectivity index (χ2v) is 10.1. The molecule has 1 heterocycles. The lowest BCUT2D eigenvalue weighted by molar-refractivity contribution is 0.197. The quantitative estimate of drug-likeness (QED) is 0.567. The number of piperazine rings is 1. The molecule has 2 aromatic carbocycles. The van der Waals surface area contributed by atoms with Crippen LogP contribution in [0.3, 0.4) is 0 Å². The van der Waals surface area contributed by atoms with Crippen molar-refractivity contribution < 1.29 is 17.9 Å². The molecule has 0 amide bonds. The Morgan fingerprint density at radius 3 is 2.24 bits per heavy atom. The lowest BCUT2D eigenvalue weighted by Gasteiger charge is -2.34. The Labute approximate surface area is 181 Å². The van der Waals surface area contributed by atoms with Crippen molar-refractivity contribution in [3.63, 3.8) is 0 Å². The first-order chi connectivity index (χ1) is 13.9. The minimum atomic E-state index is -3.56. The maximum atomic E-state index is 13.0. The first kappa shape index (κ1) is 22.2. The fourth-order valence-corrected chi connectivity index (χ4v) is 5.62. The van der Waals surface area contributed by atoms with Crippen molar-refractivity contribution in [3.8, 4) is 11.5 Å².